The van der Waals surface area contributed by atoms with Crippen LogP contribution in [0.3, 0.4) is 0 Å². The first-order valence-corrected chi connectivity index (χ1v) is 8.13. The molecule has 1 heterocycles. The zero-order chi connectivity index (χ0) is 17.2. The summed E-state index contributed by atoms with van der Waals surface area (Å²) in [5.41, 5.74) is 2.98. The van der Waals surface area contributed by atoms with Crippen LogP contribution in [0.5, 0.6) is 0 Å². The van der Waals surface area contributed by atoms with Crippen LogP contribution in [0.2, 0.25) is 0 Å². The fourth-order valence-corrected chi connectivity index (χ4v) is 3.57. The third-order valence-corrected chi connectivity index (χ3v) is 4.69. The van der Waals surface area contributed by atoms with Gasteiger partial charge in [0.05, 0.1) is 12.6 Å². The molecule has 1 fully saturated rings. The van der Waals surface area contributed by atoms with Crippen molar-refractivity contribution in [2.24, 2.45) is 0 Å². The smallest absolute Gasteiger partial charge is 0.283 e. The molecule has 0 bridgehead atoms. The van der Waals surface area contributed by atoms with E-state index in [0.29, 0.717) is 12.8 Å². The predicted octanol–water partition coefficient (Wildman–Crippen LogP) is 3.18. The van der Waals surface area contributed by atoms with Crippen LogP contribution in [0.4, 0.5) is 8.78 Å². The number of alkyl halides is 2. The largest absolute Gasteiger partial charge is 0.334 e. The Morgan fingerprint density at radius 3 is 2.54 bits per heavy atom. The van der Waals surface area contributed by atoms with Crippen molar-refractivity contribution in [3.63, 3.8) is 0 Å². The Bertz CT molecular complexity index is 711. The average molecular weight is 348 g/mol. The van der Waals surface area contributed by atoms with Crippen LogP contribution in [0.25, 0.3) is 11.1 Å². The van der Waals surface area contributed by atoms with E-state index >= 15 is 0 Å². The molecule has 1 N–H and O–H groups in total. The number of amides is 1. The lowest BCUT2D eigenvalue weighted by Gasteiger charge is -2.25. The monoisotopic (exact) mass is 348 g/mol. The SMILES string of the molecule is O=CN1CC(F)(F)C(NS)C1Cc1cccc(-c2ccccc2)c1. The minimum Gasteiger partial charge on any atom is -0.334 e. The van der Waals surface area contributed by atoms with Gasteiger partial charge in [-0.15, -0.1) is 0 Å². The maximum atomic E-state index is 14.0. The summed E-state index contributed by atoms with van der Waals surface area (Å²) in [6.07, 6.45) is 0.831. The van der Waals surface area contributed by atoms with Crippen LogP contribution in [-0.4, -0.2) is 35.9 Å². The summed E-state index contributed by atoms with van der Waals surface area (Å²) in [5.74, 6) is -3.00. The van der Waals surface area contributed by atoms with Crippen molar-refractivity contribution in [3.05, 3.63) is 60.2 Å². The maximum Gasteiger partial charge on any atom is 0.283 e. The van der Waals surface area contributed by atoms with Gasteiger partial charge in [-0.2, -0.15) is 0 Å². The molecule has 1 aliphatic heterocycles. The summed E-state index contributed by atoms with van der Waals surface area (Å²) in [5, 5.41) is 0. The number of hydrogen-bond donors (Lipinski definition) is 2. The van der Waals surface area contributed by atoms with Gasteiger partial charge in [-0.3, -0.25) is 9.52 Å². The number of halogens is 2. The lowest BCUT2D eigenvalue weighted by atomic mass is 9.96. The first-order chi connectivity index (χ1) is 11.5. The van der Waals surface area contributed by atoms with Crippen molar-refractivity contribution in [1.29, 1.82) is 0 Å². The molecule has 2 unspecified atom stereocenters. The van der Waals surface area contributed by atoms with Gasteiger partial charge in [0.1, 0.15) is 6.04 Å². The third kappa shape index (κ3) is 3.30. The van der Waals surface area contributed by atoms with Crippen LogP contribution in [-0.2, 0) is 11.2 Å². The average Bonchev–Trinajstić information content (AvgIpc) is 2.85. The van der Waals surface area contributed by atoms with E-state index in [-0.39, 0.29) is 0 Å². The van der Waals surface area contributed by atoms with Crippen LogP contribution in [0, 0.1) is 0 Å². The minimum atomic E-state index is -3.00. The highest BCUT2D eigenvalue weighted by Crippen LogP contribution is 2.34. The summed E-state index contributed by atoms with van der Waals surface area (Å²) >= 11 is 3.84. The van der Waals surface area contributed by atoms with Gasteiger partial charge < -0.3 is 4.90 Å². The van der Waals surface area contributed by atoms with Crippen molar-refractivity contribution in [1.82, 2.24) is 9.62 Å². The fraction of sp³-hybridized carbons (Fsp3) is 0.278. The van der Waals surface area contributed by atoms with Crippen LogP contribution >= 0.6 is 12.8 Å². The Morgan fingerprint density at radius 1 is 1.17 bits per heavy atom. The van der Waals surface area contributed by atoms with Gasteiger partial charge in [0, 0.05) is 0 Å². The second kappa shape index (κ2) is 6.91. The van der Waals surface area contributed by atoms with E-state index in [1.165, 1.54) is 0 Å². The van der Waals surface area contributed by atoms with E-state index in [0.717, 1.165) is 21.6 Å². The summed E-state index contributed by atoms with van der Waals surface area (Å²) in [4.78, 5) is 12.3. The number of carbonyl (C=O) groups excluding carboxylic acids is 1. The Kier molecular flexibility index (Phi) is 4.87. The number of nitrogens with one attached hydrogen (secondary N) is 1. The van der Waals surface area contributed by atoms with Crippen molar-refractivity contribution in [2.45, 2.75) is 24.4 Å². The molecule has 126 valence electrons. The number of thiol groups is 1. The highest BCUT2D eigenvalue weighted by Gasteiger charge is 2.53. The van der Waals surface area contributed by atoms with Gasteiger partial charge in [-0.1, -0.05) is 67.4 Å². The van der Waals surface area contributed by atoms with Crippen LogP contribution < -0.4 is 4.72 Å². The fourth-order valence-electron chi connectivity index (χ4n) is 3.21. The second-order valence-electron chi connectivity index (χ2n) is 5.98. The van der Waals surface area contributed by atoms with E-state index < -0.39 is 24.6 Å². The van der Waals surface area contributed by atoms with Gasteiger partial charge >= 0.3 is 0 Å². The van der Waals surface area contributed by atoms with Gasteiger partial charge in [0.2, 0.25) is 6.41 Å². The number of nitrogens with zero attached hydrogens (tertiary/aromatic N) is 1. The lowest BCUT2D eigenvalue weighted by molar-refractivity contribution is -0.120. The molecule has 1 aliphatic rings. The molecule has 2 atom stereocenters. The first-order valence-electron chi connectivity index (χ1n) is 7.68. The molecule has 2 aromatic carbocycles. The molecule has 3 rings (SSSR count). The third-order valence-electron chi connectivity index (χ3n) is 4.41. The molecular weight excluding hydrogens is 330 g/mol. The van der Waals surface area contributed by atoms with E-state index in [9.17, 15) is 13.6 Å². The molecule has 0 aromatic heterocycles. The summed E-state index contributed by atoms with van der Waals surface area (Å²) in [6.45, 7) is -0.586. The Labute approximate surface area is 145 Å². The van der Waals surface area contributed by atoms with Gasteiger partial charge in [0.25, 0.3) is 5.92 Å². The van der Waals surface area contributed by atoms with Gasteiger partial charge in [-0.05, 0) is 23.1 Å². The number of benzene rings is 2. The summed E-state index contributed by atoms with van der Waals surface area (Å²) < 4.78 is 30.4. The molecule has 3 nitrogen and oxygen atoms in total. The first kappa shape index (κ1) is 16.9. The van der Waals surface area contributed by atoms with Crippen LogP contribution in [0.15, 0.2) is 54.6 Å². The van der Waals surface area contributed by atoms with E-state index in [1.807, 2.05) is 54.6 Å². The number of hydrogen-bond acceptors (Lipinski definition) is 3. The molecule has 1 amide bonds. The number of carbonyl (C=O) groups is 1. The minimum absolute atomic E-state index is 0.341. The summed E-state index contributed by atoms with van der Waals surface area (Å²) in [7, 11) is 0. The molecule has 1 saturated heterocycles. The van der Waals surface area contributed by atoms with Crippen molar-refractivity contribution in [2.75, 3.05) is 6.54 Å². The molecule has 0 radical (unpaired) electrons. The maximum absolute atomic E-state index is 14.0. The molecule has 0 aliphatic carbocycles. The number of likely N-dealkylation sites (tertiary alicyclic amines) is 1. The molecule has 0 saturated carbocycles. The predicted molar refractivity (Wildman–Crippen MR) is 93.0 cm³/mol. The van der Waals surface area contributed by atoms with E-state index in [2.05, 4.69) is 17.5 Å². The van der Waals surface area contributed by atoms with E-state index in [1.54, 1.807) is 0 Å². The highest BCUT2D eigenvalue weighted by molar-refractivity contribution is 7.78. The molecule has 0 spiro atoms. The topological polar surface area (TPSA) is 32.3 Å². The zero-order valence-corrected chi connectivity index (χ0v) is 13.8. The molecule has 2 aromatic rings. The molecule has 24 heavy (non-hydrogen) atoms. The zero-order valence-electron chi connectivity index (χ0n) is 12.9. The lowest BCUT2D eigenvalue weighted by Crippen LogP contribution is -2.46. The Morgan fingerprint density at radius 2 is 1.88 bits per heavy atom. The van der Waals surface area contributed by atoms with Crippen molar-refractivity contribution in [3.8, 4) is 11.1 Å². The van der Waals surface area contributed by atoms with Crippen molar-refractivity contribution >= 4 is 19.2 Å². The normalized spacial score (nSPS) is 22.5. The van der Waals surface area contributed by atoms with Crippen LogP contribution in [0.1, 0.15) is 5.56 Å². The van der Waals surface area contributed by atoms with Gasteiger partial charge in [0.15, 0.2) is 0 Å². The van der Waals surface area contributed by atoms with Gasteiger partial charge in [-0.25, -0.2) is 8.78 Å². The highest BCUT2D eigenvalue weighted by atomic mass is 32.1. The quantitative estimate of drug-likeness (QED) is 0.643. The molecular formula is C18H18F2N2OS. The molecule has 6 heteroatoms. The second-order valence-corrected chi connectivity index (χ2v) is 6.24. The van der Waals surface area contributed by atoms with Crippen molar-refractivity contribution < 1.29 is 13.6 Å². The number of rotatable bonds is 5. The van der Waals surface area contributed by atoms with E-state index in [4.69, 9.17) is 0 Å². The Hall–Kier alpha value is -1.92. The standard InChI is InChI=1S/C18H18F2N2OS/c19-18(20)11-22(12-23)16(17(18)21-24)10-13-5-4-8-15(9-13)14-6-2-1-3-7-14/h1-9,12,16-17,21,24H,10-11H2. The Balaban J connectivity index is 1.86. The summed E-state index contributed by atoms with van der Waals surface area (Å²) in [6, 6.07) is 15.8.